The molecule has 2 amide bonds. The number of hydrogen-bond acceptors (Lipinski definition) is 2. The zero-order valence-electron chi connectivity index (χ0n) is 32.2. The van der Waals surface area contributed by atoms with E-state index < -0.39 is 0 Å². The molecule has 0 aliphatic heterocycles. The van der Waals surface area contributed by atoms with Crippen molar-refractivity contribution in [1.29, 1.82) is 0 Å². The van der Waals surface area contributed by atoms with E-state index in [0.29, 0.717) is 24.2 Å². The first kappa shape index (κ1) is 44.2. The lowest BCUT2D eigenvalue weighted by Crippen LogP contribution is -2.30. The van der Waals surface area contributed by atoms with Crippen LogP contribution in [0.2, 0.25) is 0 Å². The van der Waals surface area contributed by atoms with Crippen molar-refractivity contribution >= 4 is 11.8 Å². The van der Waals surface area contributed by atoms with Crippen molar-refractivity contribution < 1.29 is 9.59 Å². The lowest BCUT2D eigenvalue weighted by atomic mass is 10.0. The molecule has 0 heterocycles. The SMILES string of the molecule is CCCCCCCCCCCCCCCCCCNC(=O)c1ccccc1C(=O)NCCCCCCCCCCCCCCCCCC. The van der Waals surface area contributed by atoms with Crippen LogP contribution in [0.3, 0.4) is 0 Å². The second kappa shape index (κ2) is 35.0. The van der Waals surface area contributed by atoms with E-state index >= 15 is 0 Å². The third-order valence-electron chi connectivity index (χ3n) is 10.0. The molecular weight excluding hydrogens is 588 g/mol. The molecule has 0 atom stereocenters. The molecule has 278 valence electrons. The number of hydrogen-bond donors (Lipinski definition) is 2. The van der Waals surface area contributed by atoms with E-state index in [1.807, 2.05) is 12.1 Å². The molecule has 1 aromatic carbocycles. The zero-order valence-corrected chi connectivity index (χ0v) is 32.2. The van der Waals surface area contributed by atoms with E-state index in [9.17, 15) is 9.59 Å². The monoisotopic (exact) mass is 669 g/mol. The first-order valence-corrected chi connectivity index (χ1v) is 21.4. The van der Waals surface area contributed by atoms with Crippen LogP contribution in [-0.4, -0.2) is 24.9 Å². The van der Waals surface area contributed by atoms with Gasteiger partial charge in [0.25, 0.3) is 11.8 Å². The Morgan fingerprint density at radius 1 is 0.354 bits per heavy atom. The predicted molar refractivity (Wildman–Crippen MR) is 210 cm³/mol. The fourth-order valence-corrected chi connectivity index (χ4v) is 6.82. The van der Waals surface area contributed by atoms with Crippen LogP contribution in [0.4, 0.5) is 0 Å². The van der Waals surface area contributed by atoms with Gasteiger partial charge in [0.1, 0.15) is 0 Å². The first-order chi connectivity index (χ1) is 23.7. The highest BCUT2D eigenvalue weighted by molar-refractivity contribution is 6.07. The molecule has 0 fully saturated rings. The average molecular weight is 669 g/mol. The number of carbonyl (C=O) groups is 2. The summed E-state index contributed by atoms with van der Waals surface area (Å²) >= 11 is 0. The van der Waals surface area contributed by atoms with Gasteiger partial charge < -0.3 is 10.6 Å². The molecule has 0 radical (unpaired) electrons. The van der Waals surface area contributed by atoms with Gasteiger partial charge in [-0.3, -0.25) is 9.59 Å². The van der Waals surface area contributed by atoms with Crippen LogP contribution in [0.1, 0.15) is 240 Å². The second-order valence-electron chi connectivity index (χ2n) is 14.7. The summed E-state index contributed by atoms with van der Waals surface area (Å²) in [7, 11) is 0. The third kappa shape index (κ3) is 27.0. The van der Waals surface area contributed by atoms with Gasteiger partial charge in [0.05, 0.1) is 11.1 Å². The van der Waals surface area contributed by atoms with Crippen LogP contribution in [0, 0.1) is 0 Å². The maximum atomic E-state index is 12.9. The fourth-order valence-electron chi connectivity index (χ4n) is 6.82. The Kier molecular flexibility index (Phi) is 32.2. The Balaban J connectivity index is 1.99. The fraction of sp³-hybridized carbons (Fsp3) is 0.818. The Bertz CT molecular complexity index is 785. The average Bonchev–Trinajstić information content (AvgIpc) is 3.10. The quantitative estimate of drug-likeness (QED) is 0.0699. The lowest BCUT2D eigenvalue weighted by molar-refractivity contribution is 0.0918. The molecule has 0 bridgehead atoms. The highest BCUT2D eigenvalue weighted by atomic mass is 16.2. The molecule has 0 unspecified atom stereocenters. The van der Waals surface area contributed by atoms with Crippen molar-refractivity contribution in [2.24, 2.45) is 0 Å². The molecule has 0 saturated heterocycles. The van der Waals surface area contributed by atoms with Crippen molar-refractivity contribution in [2.75, 3.05) is 13.1 Å². The van der Waals surface area contributed by atoms with Crippen molar-refractivity contribution in [1.82, 2.24) is 10.6 Å². The van der Waals surface area contributed by atoms with Crippen LogP contribution >= 0.6 is 0 Å². The van der Waals surface area contributed by atoms with E-state index in [0.717, 1.165) is 25.7 Å². The first-order valence-electron chi connectivity index (χ1n) is 21.4. The smallest absolute Gasteiger partial charge is 0.252 e. The van der Waals surface area contributed by atoms with Gasteiger partial charge in [-0.1, -0.05) is 219 Å². The molecular formula is C44H80N2O2. The number of benzene rings is 1. The number of nitrogens with one attached hydrogen (secondary N) is 2. The maximum absolute atomic E-state index is 12.9. The van der Waals surface area contributed by atoms with Gasteiger partial charge >= 0.3 is 0 Å². The normalized spacial score (nSPS) is 11.2. The maximum Gasteiger partial charge on any atom is 0.252 e. The molecule has 1 aromatic rings. The van der Waals surface area contributed by atoms with E-state index in [4.69, 9.17) is 0 Å². The molecule has 0 spiro atoms. The van der Waals surface area contributed by atoms with Gasteiger partial charge in [-0.25, -0.2) is 0 Å². The number of amides is 2. The summed E-state index contributed by atoms with van der Waals surface area (Å²) in [5, 5.41) is 6.10. The molecule has 0 saturated carbocycles. The molecule has 0 aliphatic rings. The lowest BCUT2D eigenvalue weighted by Gasteiger charge is -2.11. The predicted octanol–water partition coefficient (Wildman–Crippen LogP) is 13.7. The van der Waals surface area contributed by atoms with Gasteiger partial charge in [0, 0.05) is 13.1 Å². The summed E-state index contributed by atoms with van der Waals surface area (Å²) in [5.41, 5.74) is 0.969. The second-order valence-corrected chi connectivity index (χ2v) is 14.7. The number of rotatable bonds is 36. The van der Waals surface area contributed by atoms with Gasteiger partial charge in [-0.05, 0) is 25.0 Å². The molecule has 0 aliphatic carbocycles. The van der Waals surface area contributed by atoms with E-state index in [1.165, 1.54) is 180 Å². The Morgan fingerprint density at radius 2 is 0.562 bits per heavy atom. The highest BCUT2D eigenvalue weighted by Gasteiger charge is 2.16. The van der Waals surface area contributed by atoms with E-state index in [1.54, 1.807) is 12.1 Å². The van der Waals surface area contributed by atoms with Crippen molar-refractivity contribution in [3.63, 3.8) is 0 Å². The van der Waals surface area contributed by atoms with Crippen molar-refractivity contribution in [3.8, 4) is 0 Å². The summed E-state index contributed by atoms with van der Waals surface area (Å²) in [4.78, 5) is 25.7. The van der Waals surface area contributed by atoms with E-state index in [2.05, 4.69) is 24.5 Å². The van der Waals surface area contributed by atoms with Crippen molar-refractivity contribution in [3.05, 3.63) is 35.4 Å². The zero-order chi connectivity index (χ0) is 34.6. The number of carbonyl (C=O) groups excluding carboxylic acids is 2. The van der Waals surface area contributed by atoms with Gasteiger partial charge in [0.2, 0.25) is 0 Å². The minimum atomic E-state index is -0.135. The highest BCUT2D eigenvalue weighted by Crippen LogP contribution is 2.16. The molecule has 4 heteroatoms. The number of unbranched alkanes of at least 4 members (excludes halogenated alkanes) is 30. The van der Waals surface area contributed by atoms with Crippen LogP contribution < -0.4 is 10.6 Å². The largest absolute Gasteiger partial charge is 0.352 e. The molecule has 1 rings (SSSR count). The summed E-state index contributed by atoms with van der Waals surface area (Å²) < 4.78 is 0. The van der Waals surface area contributed by atoms with Crippen LogP contribution in [0.25, 0.3) is 0 Å². The van der Waals surface area contributed by atoms with Crippen LogP contribution in [-0.2, 0) is 0 Å². The minimum Gasteiger partial charge on any atom is -0.352 e. The van der Waals surface area contributed by atoms with Crippen LogP contribution in [0.5, 0.6) is 0 Å². The molecule has 0 aromatic heterocycles. The summed E-state index contributed by atoms with van der Waals surface area (Å²) in [6.07, 6.45) is 43.0. The van der Waals surface area contributed by atoms with Gasteiger partial charge in [-0.15, -0.1) is 0 Å². The Hall–Kier alpha value is -1.84. The summed E-state index contributed by atoms with van der Waals surface area (Å²) in [6.45, 7) is 5.91. The van der Waals surface area contributed by atoms with Gasteiger partial charge in [-0.2, -0.15) is 0 Å². The van der Waals surface area contributed by atoms with Gasteiger partial charge in [0.15, 0.2) is 0 Å². The molecule has 2 N–H and O–H groups in total. The Morgan fingerprint density at radius 3 is 0.792 bits per heavy atom. The molecule has 4 nitrogen and oxygen atoms in total. The topological polar surface area (TPSA) is 58.2 Å². The van der Waals surface area contributed by atoms with Crippen molar-refractivity contribution in [2.45, 2.75) is 219 Å². The van der Waals surface area contributed by atoms with Crippen LogP contribution in [0.15, 0.2) is 24.3 Å². The summed E-state index contributed by atoms with van der Waals surface area (Å²) in [6, 6.07) is 7.23. The standard InChI is InChI=1S/C44H80N2O2/c1-3-5-7-9-11-13-15-17-19-21-23-25-27-29-31-35-39-45-43(47)41-37-33-34-38-42(41)44(48)46-40-36-32-30-28-26-24-22-20-18-16-14-12-10-8-6-4-2/h33-34,37-38H,3-32,35-36,39-40H2,1-2H3,(H,45,47)(H,46,48). The van der Waals surface area contributed by atoms with E-state index in [-0.39, 0.29) is 11.8 Å². The Labute approximate surface area is 299 Å². The third-order valence-corrected chi connectivity index (χ3v) is 10.0. The minimum absolute atomic E-state index is 0.135. The molecule has 48 heavy (non-hydrogen) atoms. The summed E-state index contributed by atoms with van der Waals surface area (Å²) in [5.74, 6) is -0.270.